The van der Waals surface area contributed by atoms with Crippen molar-refractivity contribution in [1.82, 2.24) is 4.57 Å². The Hall–Kier alpha value is -7.76. The summed E-state index contributed by atoms with van der Waals surface area (Å²) in [5, 5.41) is 4.84. The Morgan fingerprint density at radius 3 is 1.61 bits per heavy atom. The molecule has 13 rings (SSSR count). The van der Waals surface area contributed by atoms with E-state index in [4.69, 9.17) is 4.42 Å². The molecule has 0 fully saturated rings. The van der Waals surface area contributed by atoms with Crippen molar-refractivity contribution in [1.29, 1.82) is 0 Å². The van der Waals surface area contributed by atoms with Crippen LogP contribution in [0.1, 0.15) is 101 Å². The van der Waals surface area contributed by atoms with E-state index < -0.39 is 0 Å². The van der Waals surface area contributed by atoms with Gasteiger partial charge in [0, 0.05) is 50.0 Å². The minimum atomic E-state index is -0.165. The van der Waals surface area contributed by atoms with Crippen LogP contribution in [0.5, 0.6) is 0 Å². The quantitative estimate of drug-likeness (QED) is 0.164. The van der Waals surface area contributed by atoms with Crippen LogP contribution in [0.15, 0.2) is 168 Å². The lowest BCUT2D eigenvalue weighted by molar-refractivity contribution is 0.590. The lowest BCUT2D eigenvalue weighted by Gasteiger charge is -2.46. The maximum atomic E-state index is 6.46. The molecule has 5 heteroatoms. The average molecular weight is 976 g/mol. The van der Waals surface area contributed by atoms with Crippen molar-refractivity contribution in [3.8, 4) is 16.8 Å². The molecule has 0 saturated heterocycles. The van der Waals surface area contributed by atoms with Gasteiger partial charge in [0.1, 0.15) is 11.2 Å². The first-order valence-corrected chi connectivity index (χ1v) is 27.0. The third kappa shape index (κ3) is 7.17. The Kier molecular flexibility index (Phi) is 10.3. The van der Waals surface area contributed by atoms with Crippen molar-refractivity contribution in [2.45, 2.75) is 106 Å². The molecule has 0 bridgehead atoms. The van der Waals surface area contributed by atoms with E-state index in [0.717, 1.165) is 27.6 Å². The molecule has 2 aliphatic heterocycles. The van der Waals surface area contributed by atoms with E-state index in [-0.39, 0.29) is 23.0 Å². The summed E-state index contributed by atoms with van der Waals surface area (Å²) in [6, 6.07) is 62.4. The fourth-order valence-corrected chi connectivity index (χ4v) is 12.8. The van der Waals surface area contributed by atoms with Crippen molar-refractivity contribution >= 4 is 101 Å². The molecule has 0 amide bonds. The highest BCUT2D eigenvalue weighted by molar-refractivity contribution is 7.00. The van der Waals surface area contributed by atoms with Crippen LogP contribution in [0.25, 0.3) is 60.6 Å². The van der Waals surface area contributed by atoms with Crippen LogP contribution < -0.4 is 26.2 Å². The molecule has 2 aliphatic rings. The molecule has 4 nitrogen and oxygen atoms in total. The summed E-state index contributed by atoms with van der Waals surface area (Å²) in [6.07, 6.45) is 0. The van der Waals surface area contributed by atoms with Gasteiger partial charge in [0.25, 0.3) is 6.71 Å². The summed E-state index contributed by atoms with van der Waals surface area (Å²) < 4.78 is 8.97. The van der Waals surface area contributed by atoms with Gasteiger partial charge in [0.15, 0.2) is 0 Å². The molecule has 2 aromatic heterocycles. The Morgan fingerprint density at radius 2 is 0.947 bits per heavy atom. The van der Waals surface area contributed by atoms with E-state index in [1.807, 2.05) is 0 Å². The molecule has 75 heavy (non-hydrogen) atoms. The highest BCUT2D eigenvalue weighted by atomic mass is 16.3. The summed E-state index contributed by atoms with van der Waals surface area (Å²) in [4.78, 5) is 5.32. The van der Waals surface area contributed by atoms with E-state index in [1.165, 1.54) is 122 Å². The maximum Gasteiger partial charge on any atom is 0.252 e. The predicted molar refractivity (Wildman–Crippen MR) is 323 cm³/mol. The van der Waals surface area contributed by atoms with Gasteiger partial charge < -0.3 is 18.8 Å². The smallest absolute Gasteiger partial charge is 0.252 e. The largest absolute Gasteiger partial charge is 0.456 e. The van der Waals surface area contributed by atoms with Crippen LogP contribution >= 0.6 is 0 Å². The van der Waals surface area contributed by atoms with Gasteiger partial charge in [0.05, 0.1) is 22.4 Å². The lowest BCUT2D eigenvalue weighted by Crippen LogP contribution is -2.61. The van der Waals surface area contributed by atoms with Gasteiger partial charge in [-0.3, -0.25) is 0 Å². The molecule has 11 aromatic rings. The number of fused-ring (bicyclic) bond motifs is 10. The van der Waals surface area contributed by atoms with E-state index in [9.17, 15) is 0 Å². The van der Waals surface area contributed by atoms with Gasteiger partial charge in [-0.15, -0.1) is 0 Å². The zero-order chi connectivity index (χ0) is 52.2. The van der Waals surface area contributed by atoms with Crippen LogP contribution in [-0.2, 0) is 16.2 Å². The van der Waals surface area contributed by atoms with Crippen molar-refractivity contribution in [3.63, 3.8) is 0 Å². The van der Waals surface area contributed by atoms with Crippen LogP contribution in [-0.4, -0.2) is 11.3 Å². The SMILES string of the molecule is Cc1cccc(C)c1N1c2cc(C(C)(C)C)ccc2B2c3cc4c5cc(C(C)(C)C)ccc5n(-c5ccccc5)c4cc3N(c3c(C)cc(-c4cccc5oc6ccccc6c45)cc3C)c3cc(C(C)(C)C)cc1c32. The fraction of sp³-hybridized carbons (Fsp3) is 0.229. The molecule has 0 radical (unpaired) electrons. The number of furan rings is 1. The Bertz CT molecular complexity index is 4140. The Balaban J connectivity index is 1.18. The number of anilines is 6. The van der Waals surface area contributed by atoms with Gasteiger partial charge >= 0.3 is 0 Å². The van der Waals surface area contributed by atoms with Gasteiger partial charge in [0.2, 0.25) is 0 Å². The van der Waals surface area contributed by atoms with E-state index in [2.05, 4.69) is 268 Å². The van der Waals surface area contributed by atoms with Crippen molar-refractivity contribution in [2.75, 3.05) is 9.80 Å². The van der Waals surface area contributed by atoms with Crippen molar-refractivity contribution < 1.29 is 4.42 Å². The third-order valence-electron chi connectivity index (χ3n) is 16.7. The second kappa shape index (κ2) is 16.4. The third-order valence-corrected chi connectivity index (χ3v) is 16.7. The zero-order valence-electron chi connectivity index (χ0n) is 45.9. The molecule has 9 aromatic carbocycles. The highest BCUT2D eigenvalue weighted by Crippen LogP contribution is 2.51. The molecule has 4 heterocycles. The number of aromatic nitrogens is 1. The molecule has 0 saturated carbocycles. The molecule has 0 atom stereocenters. The monoisotopic (exact) mass is 976 g/mol. The minimum Gasteiger partial charge on any atom is -0.456 e. The fourth-order valence-electron chi connectivity index (χ4n) is 12.8. The molecular weight excluding hydrogens is 910 g/mol. The van der Waals surface area contributed by atoms with E-state index in [0.29, 0.717) is 0 Å². The van der Waals surface area contributed by atoms with Crippen molar-refractivity contribution in [2.24, 2.45) is 0 Å². The van der Waals surface area contributed by atoms with Crippen LogP contribution in [0.2, 0.25) is 0 Å². The first kappa shape index (κ1) is 47.0. The van der Waals surface area contributed by atoms with Gasteiger partial charge in [-0.05, 0) is 183 Å². The normalized spacial score (nSPS) is 13.6. The molecule has 370 valence electrons. The average Bonchev–Trinajstić information content (AvgIpc) is 3.99. The van der Waals surface area contributed by atoms with Gasteiger partial charge in [-0.1, -0.05) is 153 Å². The van der Waals surface area contributed by atoms with E-state index >= 15 is 0 Å². The number of nitrogens with zero attached hydrogens (tertiary/aromatic N) is 3. The highest BCUT2D eigenvalue weighted by Gasteiger charge is 2.46. The summed E-state index contributed by atoms with van der Waals surface area (Å²) in [6.45, 7) is 30.3. The lowest BCUT2D eigenvalue weighted by atomic mass is 9.33. The van der Waals surface area contributed by atoms with Crippen LogP contribution in [0.3, 0.4) is 0 Å². The second-order valence-electron chi connectivity index (χ2n) is 24.9. The number of aryl methyl sites for hydroxylation is 4. The van der Waals surface area contributed by atoms with Gasteiger partial charge in [-0.25, -0.2) is 0 Å². The molecular formula is C70H66BN3O. The predicted octanol–water partition coefficient (Wildman–Crippen LogP) is 17.6. The summed E-state index contributed by atoms with van der Waals surface area (Å²) in [5.74, 6) is 0. The Labute approximate surface area is 443 Å². The molecule has 0 spiro atoms. The van der Waals surface area contributed by atoms with E-state index in [1.54, 1.807) is 0 Å². The zero-order valence-corrected chi connectivity index (χ0v) is 45.9. The van der Waals surface area contributed by atoms with Crippen LogP contribution in [0, 0.1) is 27.7 Å². The minimum absolute atomic E-state index is 0.0271. The number of rotatable bonds is 4. The first-order chi connectivity index (χ1) is 35.8. The maximum absolute atomic E-state index is 6.46. The van der Waals surface area contributed by atoms with Crippen molar-refractivity contribution in [3.05, 3.63) is 203 Å². The number of hydrogen-bond acceptors (Lipinski definition) is 3. The number of hydrogen-bond donors (Lipinski definition) is 0. The first-order valence-electron chi connectivity index (χ1n) is 27.0. The number of para-hydroxylation sites is 3. The number of benzene rings is 9. The topological polar surface area (TPSA) is 24.6 Å². The van der Waals surface area contributed by atoms with Crippen LogP contribution in [0.4, 0.5) is 34.1 Å². The molecule has 0 aliphatic carbocycles. The second-order valence-corrected chi connectivity index (χ2v) is 24.9. The standard InChI is InChI=1S/C70H66BN3O/c1-41-21-19-22-42(2)66(41)73-58-36-47(69(8,9)10)29-31-54(58)71-55-39-53-52-35-46(68(5,6)7)30-32-56(52)72(49-23-15-14-16-24-49)57(53)40-59(55)74(61-38-48(70(11,12)13)37-60(73)65(61)71)67-43(3)33-45(34-44(67)4)50-26-20-28-63-64(50)51-25-17-18-27-62(51)75-63/h14-40H,1-13H3. The summed E-state index contributed by atoms with van der Waals surface area (Å²) >= 11 is 0. The summed E-state index contributed by atoms with van der Waals surface area (Å²) in [7, 11) is 0. The molecule has 0 N–H and O–H groups in total. The van der Waals surface area contributed by atoms with Gasteiger partial charge in [-0.2, -0.15) is 0 Å². The molecule has 0 unspecified atom stereocenters. The Morgan fingerprint density at radius 1 is 0.400 bits per heavy atom. The summed E-state index contributed by atoms with van der Waals surface area (Å²) in [5.41, 5.74) is 27.8.